The molecule has 3 atom stereocenters. The summed E-state index contributed by atoms with van der Waals surface area (Å²) in [5.41, 5.74) is 0.682. The number of rotatable bonds is 3. The van der Waals surface area contributed by atoms with E-state index in [1.807, 2.05) is 0 Å². The summed E-state index contributed by atoms with van der Waals surface area (Å²) in [7, 11) is 0. The van der Waals surface area contributed by atoms with Crippen LogP contribution in [0.5, 0.6) is 0 Å². The highest BCUT2D eigenvalue weighted by molar-refractivity contribution is 6.30. The number of anilines is 1. The van der Waals surface area contributed by atoms with Crippen molar-refractivity contribution in [1.29, 1.82) is 0 Å². The number of benzene rings is 1. The highest BCUT2D eigenvalue weighted by atomic mass is 35.5. The van der Waals surface area contributed by atoms with E-state index in [9.17, 15) is 9.59 Å². The van der Waals surface area contributed by atoms with Gasteiger partial charge in [-0.3, -0.25) is 9.59 Å². The van der Waals surface area contributed by atoms with Crippen molar-refractivity contribution in [3.05, 3.63) is 29.3 Å². The van der Waals surface area contributed by atoms with Crippen LogP contribution in [0.2, 0.25) is 5.02 Å². The predicted octanol–water partition coefficient (Wildman–Crippen LogP) is 2.07. The summed E-state index contributed by atoms with van der Waals surface area (Å²) in [6.45, 7) is 0. The molecule has 0 aromatic heterocycles. The third-order valence-electron chi connectivity index (χ3n) is 4.34. The number of fused-ring (bicyclic) bond motifs is 1. The molecule has 118 valence electrons. The van der Waals surface area contributed by atoms with Crippen LogP contribution >= 0.6 is 11.6 Å². The standard InChI is InChI=1S/C16H20ClN3O2/c17-10-5-7-11(8-6-10)18-15(21)9-14-16(22)20-13-4-2-1-3-12(13)19-14/h5-8,12-14,19H,1-4,9H2,(H,18,21)(H,20,22)/t12-,13-,14+/m0/s1. The molecule has 5 nitrogen and oxygen atoms in total. The highest BCUT2D eigenvalue weighted by Gasteiger charge is 2.36. The Labute approximate surface area is 134 Å². The van der Waals surface area contributed by atoms with Crippen molar-refractivity contribution in [1.82, 2.24) is 10.6 Å². The fourth-order valence-electron chi connectivity index (χ4n) is 3.20. The largest absolute Gasteiger partial charge is 0.350 e. The highest BCUT2D eigenvalue weighted by Crippen LogP contribution is 2.22. The van der Waals surface area contributed by atoms with E-state index in [1.165, 1.54) is 6.42 Å². The summed E-state index contributed by atoms with van der Waals surface area (Å²) >= 11 is 5.81. The average molecular weight is 322 g/mol. The van der Waals surface area contributed by atoms with Crippen LogP contribution in [0.1, 0.15) is 32.1 Å². The Kier molecular flexibility index (Phi) is 4.64. The number of hydrogen-bond donors (Lipinski definition) is 3. The van der Waals surface area contributed by atoms with Crippen molar-refractivity contribution >= 4 is 29.1 Å². The van der Waals surface area contributed by atoms with E-state index in [4.69, 9.17) is 11.6 Å². The van der Waals surface area contributed by atoms with Crippen molar-refractivity contribution in [2.24, 2.45) is 0 Å². The molecule has 1 saturated heterocycles. The molecule has 3 N–H and O–H groups in total. The lowest BCUT2D eigenvalue weighted by atomic mass is 9.87. The molecule has 1 aliphatic heterocycles. The van der Waals surface area contributed by atoms with Gasteiger partial charge < -0.3 is 16.0 Å². The lowest BCUT2D eigenvalue weighted by Crippen LogP contribution is -2.65. The first-order chi connectivity index (χ1) is 10.6. The second kappa shape index (κ2) is 6.67. The number of hydrogen-bond acceptors (Lipinski definition) is 3. The van der Waals surface area contributed by atoms with Crippen molar-refractivity contribution in [2.45, 2.75) is 50.2 Å². The summed E-state index contributed by atoms with van der Waals surface area (Å²) in [5.74, 6) is -0.251. The molecule has 1 aromatic carbocycles. The maximum Gasteiger partial charge on any atom is 0.237 e. The van der Waals surface area contributed by atoms with Gasteiger partial charge in [-0.1, -0.05) is 24.4 Å². The van der Waals surface area contributed by atoms with E-state index >= 15 is 0 Å². The zero-order valence-electron chi connectivity index (χ0n) is 12.3. The van der Waals surface area contributed by atoms with Crippen molar-refractivity contribution in [3.8, 4) is 0 Å². The number of carbonyl (C=O) groups is 2. The summed E-state index contributed by atoms with van der Waals surface area (Å²) < 4.78 is 0. The Morgan fingerprint density at radius 3 is 2.59 bits per heavy atom. The van der Waals surface area contributed by atoms with Gasteiger partial charge in [-0.15, -0.1) is 0 Å². The van der Waals surface area contributed by atoms with Crippen LogP contribution in [0.4, 0.5) is 5.69 Å². The molecule has 1 aromatic rings. The zero-order valence-corrected chi connectivity index (χ0v) is 13.0. The van der Waals surface area contributed by atoms with Crippen LogP contribution < -0.4 is 16.0 Å². The van der Waals surface area contributed by atoms with Gasteiger partial charge >= 0.3 is 0 Å². The van der Waals surface area contributed by atoms with Crippen molar-refractivity contribution in [2.75, 3.05) is 5.32 Å². The number of piperazine rings is 1. The number of carbonyl (C=O) groups excluding carboxylic acids is 2. The second-order valence-electron chi connectivity index (χ2n) is 5.98. The minimum atomic E-state index is -0.452. The van der Waals surface area contributed by atoms with Gasteiger partial charge in [0.25, 0.3) is 0 Å². The van der Waals surface area contributed by atoms with E-state index in [0.29, 0.717) is 16.8 Å². The van der Waals surface area contributed by atoms with E-state index in [1.54, 1.807) is 24.3 Å². The molecule has 6 heteroatoms. The van der Waals surface area contributed by atoms with E-state index in [0.717, 1.165) is 19.3 Å². The van der Waals surface area contributed by atoms with E-state index < -0.39 is 6.04 Å². The second-order valence-corrected chi connectivity index (χ2v) is 6.42. The number of halogens is 1. The molecule has 0 spiro atoms. The minimum absolute atomic E-state index is 0.0746. The van der Waals surface area contributed by atoms with Crippen LogP contribution in [0.3, 0.4) is 0 Å². The van der Waals surface area contributed by atoms with Gasteiger partial charge in [-0.25, -0.2) is 0 Å². The molecule has 2 fully saturated rings. The molecule has 2 amide bonds. The first-order valence-corrected chi connectivity index (χ1v) is 8.11. The Morgan fingerprint density at radius 1 is 1.18 bits per heavy atom. The number of amides is 2. The molecular weight excluding hydrogens is 302 g/mol. The average Bonchev–Trinajstić information content (AvgIpc) is 2.50. The van der Waals surface area contributed by atoms with Crippen molar-refractivity contribution in [3.63, 3.8) is 0 Å². The van der Waals surface area contributed by atoms with Crippen molar-refractivity contribution < 1.29 is 9.59 Å². The molecule has 3 rings (SSSR count). The number of nitrogens with one attached hydrogen (secondary N) is 3. The molecule has 0 radical (unpaired) electrons. The van der Waals surface area contributed by atoms with Crippen LogP contribution in [-0.2, 0) is 9.59 Å². The van der Waals surface area contributed by atoms with Gasteiger partial charge in [0.05, 0.1) is 12.5 Å². The summed E-state index contributed by atoms with van der Waals surface area (Å²) in [4.78, 5) is 24.2. The van der Waals surface area contributed by atoms with Crippen LogP contribution in [0.15, 0.2) is 24.3 Å². The molecule has 2 aliphatic rings. The smallest absolute Gasteiger partial charge is 0.237 e. The van der Waals surface area contributed by atoms with Crippen LogP contribution in [0.25, 0.3) is 0 Å². The van der Waals surface area contributed by atoms with Gasteiger partial charge in [0, 0.05) is 22.8 Å². The third-order valence-corrected chi connectivity index (χ3v) is 4.59. The summed E-state index contributed by atoms with van der Waals surface area (Å²) in [6, 6.07) is 6.98. The van der Waals surface area contributed by atoms with Crippen LogP contribution in [0, 0.1) is 0 Å². The molecule has 1 saturated carbocycles. The molecule has 22 heavy (non-hydrogen) atoms. The van der Waals surface area contributed by atoms with Gasteiger partial charge in [-0.05, 0) is 37.1 Å². The zero-order chi connectivity index (χ0) is 15.5. The lowest BCUT2D eigenvalue weighted by Gasteiger charge is -2.40. The normalized spacial score (nSPS) is 27.7. The first kappa shape index (κ1) is 15.3. The maximum absolute atomic E-state index is 12.1. The molecular formula is C16H20ClN3O2. The maximum atomic E-state index is 12.1. The van der Waals surface area contributed by atoms with E-state index in [-0.39, 0.29) is 24.3 Å². The monoisotopic (exact) mass is 321 g/mol. The Hall–Kier alpha value is -1.59. The minimum Gasteiger partial charge on any atom is -0.350 e. The summed E-state index contributed by atoms with van der Waals surface area (Å²) in [6.07, 6.45) is 4.55. The van der Waals surface area contributed by atoms with Gasteiger partial charge in [0.15, 0.2) is 0 Å². The predicted molar refractivity (Wildman–Crippen MR) is 85.8 cm³/mol. The molecule has 1 aliphatic carbocycles. The summed E-state index contributed by atoms with van der Waals surface area (Å²) in [5, 5.41) is 9.79. The molecule has 0 bridgehead atoms. The quantitative estimate of drug-likeness (QED) is 0.798. The van der Waals surface area contributed by atoms with E-state index in [2.05, 4.69) is 16.0 Å². The SMILES string of the molecule is O=C(C[C@H]1N[C@H]2CCCC[C@@H]2NC1=O)Nc1ccc(Cl)cc1. The topological polar surface area (TPSA) is 70.2 Å². The lowest BCUT2D eigenvalue weighted by molar-refractivity contribution is -0.129. The van der Waals surface area contributed by atoms with Gasteiger partial charge in [0.1, 0.15) is 0 Å². The third kappa shape index (κ3) is 3.59. The Bertz CT molecular complexity index is 561. The van der Waals surface area contributed by atoms with Gasteiger partial charge in [0.2, 0.25) is 11.8 Å². The molecule has 1 heterocycles. The first-order valence-electron chi connectivity index (χ1n) is 7.73. The Balaban J connectivity index is 1.56. The molecule has 0 unspecified atom stereocenters. The fourth-order valence-corrected chi connectivity index (χ4v) is 3.33. The van der Waals surface area contributed by atoms with Crippen LogP contribution in [-0.4, -0.2) is 29.9 Å². The fraction of sp³-hybridized carbons (Fsp3) is 0.500. The Morgan fingerprint density at radius 2 is 1.86 bits per heavy atom. The van der Waals surface area contributed by atoms with Gasteiger partial charge in [-0.2, -0.15) is 0 Å².